The van der Waals surface area contributed by atoms with E-state index in [4.69, 9.17) is 11.5 Å². The first kappa shape index (κ1) is 9.29. The molecule has 6 nitrogen and oxygen atoms in total. The van der Waals surface area contributed by atoms with Gasteiger partial charge in [0.15, 0.2) is 11.9 Å². The van der Waals surface area contributed by atoms with Crippen molar-refractivity contribution in [1.82, 2.24) is 19.9 Å². The number of aromatic amines is 2. The summed E-state index contributed by atoms with van der Waals surface area (Å²) in [5.41, 5.74) is 14.8. The molecule has 2 aromatic heterocycles. The molecule has 0 aliphatic heterocycles. The van der Waals surface area contributed by atoms with Gasteiger partial charge in [-0.3, -0.25) is 0 Å². The average Bonchev–Trinajstić information content (AvgIpc) is 2.92. The highest BCUT2D eigenvalue weighted by Crippen LogP contribution is 2.32. The SMILES string of the molecule is Nc1nc2c3ccccc3c3nc(N)[nH]c3c2[nH]1. The molecule has 0 spiro atoms. The second-order valence-corrected chi connectivity index (χ2v) is 4.24. The van der Waals surface area contributed by atoms with Crippen LogP contribution in [0.15, 0.2) is 24.3 Å². The Kier molecular flexibility index (Phi) is 1.51. The number of H-pyrrole nitrogens is 2. The fourth-order valence-corrected chi connectivity index (χ4v) is 2.43. The Morgan fingerprint density at radius 3 is 1.67 bits per heavy atom. The second kappa shape index (κ2) is 2.92. The zero-order chi connectivity index (χ0) is 12.3. The molecule has 4 aromatic rings. The minimum absolute atomic E-state index is 0.385. The highest BCUT2D eigenvalue weighted by Gasteiger charge is 2.14. The predicted molar refractivity (Wildman–Crippen MR) is 72.1 cm³/mol. The zero-order valence-electron chi connectivity index (χ0n) is 9.36. The maximum Gasteiger partial charge on any atom is 0.198 e. The van der Waals surface area contributed by atoms with Crippen LogP contribution in [0.2, 0.25) is 0 Å². The van der Waals surface area contributed by atoms with Gasteiger partial charge in [-0.1, -0.05) is 24.3 Å². The first-order chi connectivity index (χ1) is 8.74. The van der Waals surface area contributed by atoms with Crippen LogP contribution in [0.5, 0.6) is 0 Å². The van der Waals surface area contributed by atoms with Gasteiger partial charge in [0.2, 0.25) is 0 Å². The number of benzene rings is 2. The number of nitrogen functional groups attached to an aromatic ring is 2. The summed E-state index contributed by atoms with van der Waals surface area (Å²) in [4.78, 5) is 14.8. The smallest absolute Gasteiger partial charge is 0.198 e. The van der Waals surface area contributed by atoms with Crippen LogP contribution in [0, 0.1) is 0 Å². The molecular weight excluding hydrogens is 228 g/mol. The number of anilines is 2. The van der Waals surface area contributed by atoms with E-state index in [-0.39, 0.29) is 0 Å². The zero-order valence-corrected chi connectivity index (χ0v) is 9.36. The first-order valence-electron chi connectivity index (χ1n) is 5.55. The molecule has 0 radical (unpaired) electrons. The van der Waals surface area contributed by atoms with E-state index in [1.165, 1.54) is 0 Å². The Morgan fingerprint density at radius 2 is 1.22 bits per heavy atom. The maximum absolute atomic E-state index is 5.75. The molecule has 0 bridgehead atoms. The van der Waals surface area contributed by atoms with Gasteiger partial charge in [0, 0.05) is 10.8 Å². The summed E-state index contributed by atoms with van der Waals surface area (Å²) in [5, 5.41) is 2.03. The van der Waals surface area contributed by atoms with Crippen molar-refractivity contribution >= 4 is 44.7 Å². The van der Waals surface area contributed by atoms with Crippen LogP contribution in [0.25, 0.3) is 32.8 Å². The van der Waals surface area contributed by atoms with Gasteiger partial charge in [0.05, 0.1) is 11.0 Å². The minimum atomic E-state index is 0.385. The van der Waals surface area contributed by atoms with Crippen LogP contribution in [0.3, 0.4) is 0 Å². The summed E-state index contributed by atoms with van der Waals surface area (Å²) in [5.74, 6) is 0.770. The Morgan fingerprint density at radius 1 is 0.778 bits per heavy atom. The summed E-state index contributed by atoms with van der Waals surface area (Å²) in [6, 6.07) is 7.94. The van der Waals surface area contributed by atoms with Crippen LogP contribution in [-0.4, -0.2) is 19.9 Å². The summed E-state index contributed by atoms with van der Waals surface area (Å²) >= 11 is 0. The van der Waals surface area contributed by atoms with Gasteiger partial charge >= 0.3 is 0 Å². The molecule has 0 atom stereocenters. The molecule has 0 saturated carbocycles. The average molecular weight is 238 g/mol. The van der Waals surface area contributed by atoms with Crippen LogP contribution in [-0.2, 0) is 0 Å². The third-order valence-corrected chi connectivity index (χ3v) is 3.13. The Hall–Kier alpha value is -2.76. The van der Waals surface area contributed by atoms with Crippen molar-refractivity contribution in [3.05, 3.63) is 24.3 Å². The quantitative estimate of drug-likeness (QED) is 0.374. The van der Waals surface area contributed by atoms with Crippen molar-refractivity contribution < 1.29 is 0 Å². The third-order valence-electron chi connectivity index (χ3n) is 3.13. The predicted octanol–water partition coefficient (Wildman–Crippen LogP) is 1.76. The number of hydrogen-bond donors (Lipinski definition) is 4. The topological polar surface area (TPSA) is 109 Å². The van der Waals surface area contributed by atoms with Crippen LogP contribution in [0.1, 0.15) is 0 Å². The molecule has 6 heteroatoms. The summed E-state index contributed by atoms with van der Waals surface area (Å²) in [6.45, 7) is 0. The molecule has 0 aliphatic carbocycles. The third kappa shape index (κ3) is 1.01. The van der Waals surface area contributed by atoms with E-state index in [0.717, 1.165) is 32.8 Å². The van der Waals surface area contributed by atoms with E-state index in [0.29, 0.717) is 11.9 Å². The van der Waals surface area contributed by atoms with Gasteiger partial charge in [0.1, 0.15) is 11.0 Å². The van der Waals surface area contributed by atoms with Crippen molar-refractivity contribution in [2.75, 3.05) is 11.5 Å². The van der Waals surface area contributed by atoms with Gasteiger partial charge < -0.3 is 21.4 Å². The molecule has 0 aliphatic rings. The van der Waals surface area contributed by atoms with E-state index in [2.05, 4.69) is 19.9 Å². The molecule has 18 heavy (non-hydrogen) atoms. The Balaban J connectivity index is 2.44. The van der Waals surface area contributed by atoms with Crippen molar-refractivity contribution in [2.45, 2.75) is 0 Å². The molecule has 4 rings (SSSR count). The number of nitrogens with zero attached hydrogens (tertiary/aromatic N) is 2. The van der Waals surface area contributed by atoms with Gasteiger partial charge in [-0.25, -0.2) is 9.97 Å². The van der Waals surface area contributed by atoms with E-state index < -0.39 is 0 Å². The monoisotopic (exact) mass is 238 g/mol. The number of imidazole rings is 2. The number of aromatic nitrogens is 4. The number of hydrogen-bond acceptors (Lipinski definition) is 4. The molecule has 88 valence electrons. The fraction of sp³-hybridized carbons (Fsp3) is 0. The van der Waals surface area contributed by atoms with Crippen LogP contribution >= 0.6 is 0 Å². The molecule has 0 fully saturated rings. The van der Waals surface area contributed by atoms with E-state index in [9.17, 15) is 0 Å². The van der Waals surface area contributed by atoms with Crippen molar-refractivity contribution in [1.29, 1.82) is 0 Å². The largest absolute Gasteiger partial charge is 0.369 e. The van der Waals surface area contributed by atoms with E-state index in [1.54, 1.807) is 0 Å². The fourth-order valence-electron chi connectivity index (χ4n) is 2.43. The lowest BCUT2D eigenvalue weighted by atomic mass is 10.1. The highest BCUT2D eigenvalue weighted by molar-refractivity contribution is 6.21. The lowest BCUT2D eigenvalue weighted by Crippen LogP contribution is -1.85. The summed E-state index contributed by atoms with van der Waals surface area (Å²) < 4.78 is 0. The number of rotatable bonds is 0. The second-order valence-electron chi connectivity index (χ2n) is 4.24. The number of nitrogens with one attached hydrogen (secondary N) is 2. The van der Waals surface area contributed by atoms with Gasteiger partial charge in [-0.2, -0.15) is 0 Å². The maximum atomic E-state index is 5.75. The number of fused-ring (bicyclic) bond motifs is 6. The Bertz CT molecular complexity index is 826. The molecule has 0 unspecified atom stereocenters. The van der Waals surface area contributed by atoms with Gasteiger partial charge in [-0.05, 0) is 0 Å². The minimum Gasteiger partial charge on any atom is -0.369 e. The van der Waals surface area contributed by atoms with Gasteiger partial charge in [0.25, 0.3) is 0 Å². The lowest BCUT2D eigenvalue weighted by molar-refractivity contribution is 1.34. The summed E-state index contributed by atoms with van der Waals surface area (Å²) in [7, 11) is 0. The highest BCUT2D eigenvalue weighted by atomic mass is 15.1. The van der Waals surface area contributed by atoms with E-state index >= 15 is 0 Å². The molecule has 0 amide bonds. The molecule has 0 saturated heterocycles. The standard InChI is InChI=1S/C12H10N6/c13-11-15-7-5-3-1-2-4-6(5)8-10(9(7)17-11)18-12(14)16-8/h1-4H,(H3,13,15,17)(H3,14,16,18). The van der Waals surface area contributed by atoms with Crippen molar-refractivity contribution in [3.8, 4) is 0 Å². The van der Waals surface area contributed by atoms with Gasteiger partial charge in [-0.15, -0.1) is 0 Å². The van der Waals surface area contributed by atoms with Crippen LogP contribution in [0.4, 0.5) is 11.9 Å². The van der Waals surface area contributed by atoms with Crippen molar-refractivity contribution in [3.63, 3.8) is 0 Å². The molecular formula is C12H10N6. The normalized spacial score (nSPS) is 11.8. The number of nitrogens with two attached hydrogens (primary N) is 2. The molecule has 2 aromatic carbocycles. The molecule has 2 heterocycles. The van der Waals surface area contributed by atoms with Crippen molar-refractivity contribution in [2.24, 2.45) is 0 Å². The van der Waals surface area contributed by atoms with E-state index in [1.807, 2.05) is 24.3 Å². The first-order valence-corrected chi connectivity index (χ1v) is 5.55. The lowest BCUT2D eigenvalue weighted by Gasteiger charge is -1.99. The Labute approximate surface area is 101 Å². The van der Waals surface area contributed by atoms with Crippen LogP contribution < -0.4 is 11.5 Å². The molecule has 6 N–H and O–H groups in total. The summed E-state index contributed by atoms with van der Waals surface area (Å²) in [6.07, 6.45) is 0.